The van der Waals surface area contributed by atoms with Crippen molar-refractivity contribution in [2.24, 2.45) is 0 Å². The maximum atomic E-state index is 12.8. The molecular weight excluding hydrogens is 260 g/mol. The van der Waals surface area contributed by atoms with E-state index in [1.807, 2.05) is 0 Å². The van der Waals surface area contributed by atoms with Crippen LogP contribution in [0.2, 0.25) is 0 Å². The average Bonchev–Trinajstić information content (AvgIpc) is 3.22. The van der Waals surface area contributed by atoms with Crippen LogP contribution in [0, 0.1) is 0 Å². The highest BCUT2D eigenvalue weighted by Crippen LogP contribution is 2.20. The van der Waals surface area contributed by atoms with Crippen LogP contribution in [0.3, 0.4) is 0 Å². The lowest BCUT2D eigenvalue weighted by Gasteiger charge is -2.30. The number of carbonyl (C=O) groups is 1. The molecule has 3 rings (SSSR count). The first-order valence-electron chi connectivity index (χ1n) is 8.41. The molecule has 0 N–H and O–H groups in total. The number of aryl methyl sites for hydroxylation is 1. The van der Waals surface area contributed by atoms with Gasteiger partial charge in [0.2, 0.25) is 5.91 Å². The van der Waals surface area contributed by atoms with Crippen LogP contribution in [0.5, 0.6) is 0 Å². The van der Waals surface area contributed by atoms with E-state index >= 15 is 0 Å². The second-order valence-corrected chi connectivity index (χ2v) is 6.32. The summed E-state index contributed by atoms with van der Waals surface area (Å²) in [5.41, 5.74) is 1.34. The Hall–Kier alpha value is -1.35. The van der Waals surface area contributed by atoms with Gasteiger partial charge in [0.25, 0.3) is 0 Å². The second kappa shape index (κ2) is 7.08. The van der Waals surface area contributed by atoms with Gasteiger partial charge in [-0.3, -0.25) is 9.69 Å². The Kier molecular flexibility index (Phi) is 4.91. The molecule has 0 aromatic heterocycles. The fourth-order valence-corrected chi connectivity index (χ4v) is 3.61. The summed E-state index contributed by atoms with van der Waals surface area (Å²) < 4.78 is 0. The van der Waals surface area contributed by atoms with Gasteiger partial charge in [-0.1, -0.05) is 30.3 Å². The SMILES string of the molecule is O=C([C@H](CCc1ccccc1)N1CCCC1)N1CCCC1. The Labute approximate surface area is 127 Å². The molecule has 2 aliphatic rings. The predicted octanol–water partition coefficient (Wildman–Crippen LogP) is 2.71. The van der Waals surface area contributed by atoms with Crippen molar-refractivity contribution in [1.82, 2.24) is 9.80 Å². The minimum atomic E-state index is 0.103. The molecule has 0 spiro atoms. The zero-order valence-corrected chi connectivity index (χ0v) is 12.8. The van der Waals surface area contributed by atoms with Gasteiger partial charge in [0.15, 0.2) is 0 Å². The molecular formula is C18H26N2O. The van der Waals surface area contributed by atoms with Crippen LogP contribution in [0.4, 0.5) is 0 Å². The van der Waals surface area contributed by atoms with Crippen molar-refractivity contribution in [3.63, 3.8) is 0 Å². The third kappa shape index (κ3) is 3.65. The quantitative estimate of drug-likeness (QED) is 0.831. The highest BCUT2D eigenvalue weighted by molar-refractivity contribution is 5.82. The van der Waals surface area contributed by atoms with Gasteiger partial charge in [0.05, 0.1) is 6.04 Å². The molecule has 1 atom stereocenters. The van der Waals surface area contributed by atoms with Crippen molar-refractivity contribution in [2.75, 3.05) is 26.2 Å². The minimum absolute atomic E-state index is 0.103. The number of likely N-dealkylation sites (tertiary alicyclic amines) is 2. The fraction of sp³-hybridized carbons (Fsp3) is 0.611. The number of benzene rings is 1. The molecule has 2 fully saturated rings. The number of carbonyl (C=O) groups excluding carboxylic acids is 1. The zero-order chi connectivity index (χ0) is 14.5. The van der Waals surface area contributed by atoms with Crippen LogP contribution in [0.25, 0.3) is 0 Å². The number of rotatable bonds is 5. The number of amides is 1. The van der Waals surface area contributed by atoms with E-state index < -0.39 is 0 Å². The van der Waals surface area contributed by atoms with E-state index in [1.54, 1.807) is 0 Å². The van der Waals surface area contributed by atoms with Crippen molar-refractivity contribution < 1.29 is 4.79 Å². The molecule has 3 heteroatoms. The van der Waals surface area contributed by atoms with Crippen LogP contribution >= 0.6 is 0 Å². The summed E-state index contributed by atoms with van der Waals surface area (Å²) in [5.74, 6) is 0.380. The molecule has 0 aliphatic carbocycles. The van der Waals surface area contributed by atoms with Crippen molar-refractivity contribution in [3.05, 3.63) is 35.9 Å². The topological polar surface area (TPSA) is 23.6 Å². The molecule has 2 saturated heterocycles. The zero-order valence-electron chi connectivity index (χ0n) is 12.8. The average molecular weight is 286 g/mol. The molecule has 21 heavy (non-hydrogen) atoms. The molecule has 0 unspecified atom stereocenters. The molecule has 1 amide bonds. The Bertz CT molecular complexity index is 448. The van der Waals surface area contributed by atoms with Gasteiger partial charge in [-0.2, -0.15) is 0 Å². The Morgan fingerprint density at radius 3 is 2.24 bits per heavy atom. The van der Waals surface area contributed by atoms with Gasteiger partial charge in [0, 0.05) is 13.1 Å². The first kappa shape index (κ1) is 14.6. The van der Waals surface area contributed by atoms with Crippen LogP contribution in [0.1, 0.15) is 37.7 Å². The fourth-order valence-electron chi connectivity index (χ4n) is 3.61. The van der Waals surface area contributed by atoms with Gasteiger partial charge >= 0.3 is 0 Å². The molecule has 1 aromatic carbocycles. The van der Waals surface area contributed by atoms with Gasteiger partial charge in [0.1, 0.15) is 0 Å². The van der Waals surface area contributed by atoms with Crippen molar-refractivity contribution in [3.8, 4) is 0 Å². The lowest BCUT2D eigenvalue weighted by Crippen LogP contribution is -2.47. The van der Waals surface area contributed by atoms with E-state index in [2.05, 4.69) is 40.1 Å². The van der Waals surface area contributed by atoms with E-state index in [4.69, 9.17) is 0 Å². The van der Waals surface area contributed by atoms with E-state index in [9.17, 15) is 4.79 Å². The number of hydrogen-bond acceptors (Lipinski definition) is 2. The Balaban J connectivity index is 1.65. The lowest BCUT2D eigenvalue weighted by atomic mass is 10.0. The molecule has 3 nitrogen and oxygen atoms in total. The van der Waals surface area contributed by atoms with Crippen LogP contribution in [-0.4, -0.2) is 47.9 Å². The summed E-state index contributed by atoms with van der Waals surface area (Å²) in [6.45, 7) is 4.13. The summed E-state index contributed by atoms with van der Waals surface area (Å²) in [4.78, 5) is 17.3. The third-order valence-corrected chi connectivity index (χ3v) is 4.83. The number of nitrogens with zero attached hydrogens (tertiary/aromatic N) is 2. The molecule has 2 heterocycles. The second-order valence-electron chi connectivity index (χ2n) is 6.32. The van der Waals surface area contributed by atoms with E-state index in [0.29, 0.717) is 5.91 Å². The normalized spacial score (nSPS) is 20.9. The summed E-state index contributed by atoms with van der Waals surface area (Å²) in [6.07, 6.45) is 6.81. The lowest BCUT2D eigenvalue weighted by molar-refractivity contribution is -0.135. The summed E-state index contributed by atoms with van der Waals surface area (Å²) in [6, 6.07) is 10.7. The number of hydrogen-bond donors (Lipinski definition) is 0. The van der Waals surface area contributed by atoms with Crippen molar-refractivity contribution in [1.29, 1.82) is 0 Å². The van der Waals surface area contributed by atoms with E-state index in [1.165, 1.54) is 31.2 Å². The molecule has 0 saturated carbocycles. The molecule has 2 aliphatic heterocycles. The molecule has 0 bridgehead atoms. The van der Waals surface area contributed by atoms with Crippen LogP contribution in [-0.2, 0) is 11.2 Å². The maximum Gasteiger partial charge on any atom is 0.239 e. The highest BCUT2D eigenvalue weighted by atomic mass is 16.2. The monoisotopic (exact) mass is 286 g/mol. The summed E-state index contributed by atoms with van der Waals surface area (Å²) in [5, 5.41) is 0. The standard InChI is InChI=1S/C18H26N2O/c21-18(20-14-6-7-15-20)17(19-12-4-5-13-19)11-10-16-8-2-1-3-9-16/h1-3,8-9,17H,4-7,10-15H2/t17-/m0/s1. The first-order chi connectivity index (χ1) is 10.3. The van der Waals surface area contributed by atoms with E-state index in [0.717, 1.165) is 39.0 Å². The van der Waals surface area contributed by atoms with Crippen molar-refractivity contribution in [2.45, 2.75) is 44.6 Å². The maximum absolute atomic E-state index is 12.8. The predicted molar refractivity (Wildman–Crippen MR) is 85.2 cm³/mol. The summed E-state index contributed by atoms with van der Waals surface area (Å²) in [7, 11) is 0. The minimum Gasteiger partial charge on any atom is -0.341 e. The van der Waals surface area contributed by atoms with Crippen molar-refractivity contribution >= 4 is 5.91 Å². The molecule has 114 valence electrons. The van der Waals surface area contributed by atoms with Crippen LogP contribution < -0.4 is 0 Å². The summed E-state index contributed by atoms with van der Waals surface area (Å²) >= 11 is 0. The molecule has 0 radical (unpaired) electrons. The van der Waals surface area contributed by atoms with E-state index in [-0.39, 0.29) is 6.04 Å². The van der Waals surface area contributed by atoms with Gasteiger partial charge < -0.3 is 4.90 Å². The van der Waals surface area contributed by atoms with Gasteiger partial charge in [-0.15, -0.1) is 0 Å². The third-order valence-electron chi connectivity index (χ3n) is 4.83. The van der Waals surface area contributed by atoms with Gasteiger partial charge in [-0.05, 0) is 57.2 Å². The largest absolute Gasteiger partial charge is 0.341 e. The molecule has 1 aromatic rings. The Morgan fingerprint density at radius 1 is 0.952 bits per heavy atom. The Morgan fingerprint density at radius 2 is 1.57 bits per heavy atom. The van der Waals surface area contributed by atoms with Crippen LogP contribution in [0.15, 0.2) is 30.3 Å². The smallest absolute Gasteiger partial charge is 0.239 e. The highest BCUT2D eigenvalue weighted by Gasteiger charge is 2.32. The van der Waals surface area contributed by atoms with Gasteiger partial charge in [-0.25, -0.2) is 0 Å². The first-order valence-corrected chi connectivity index (χ1v) is 8.41.